The predicted octanol–water partition coefficient (Wildman–Crippen LogP) is 1.60. The number of piperazine rings is 1. The molecule has 1 saturated heterocycles. The van der Waals surface area contributed by atoms with Gasteiger partial charge in [0.1, 0.15) is 11.6 Å². The molecule has 1 aliphatic rings. The molecule has 5 heteroatoms. The van der Waals surface area contributed by atoms with Crippen LogP contribution in [0.3, 0.4) is 0 Å². The van der Waals surface area contributed by atoms with Crippen molar-refractivity contribution in [2.45, 2.75) is 6.92 Å². The number of hydrogen-bond acceptors (Lipinski definition) is 5. The van der Waals surface area contributed by atoms with Crippen LogP contribution in [0.4, 0.5) is 5.82 Å². The standard InChI is InChI=1S/C15H19N5/c1-12-17-14(13-5-3-4-6-16-13)11-15(18-12)20-9-7-19(2)8-10-20/h3-6,11H,7-10H2,1-2H3. The third kappa shape index (κ3) is 2.77. The molecule has 3 rings (SSSR count). The largest absolute Gasteiger partial charge is 0.354 e. The highest BCUT2D eigenvalue weighted by molar-refractivity contribution is 5.59. The molecular formula is C15H19N5. The van der Waals surface area contributed by atoms with Crippen molar-refractivity contribution in [1.29, 1.82) is 0 Å². The van der Waals surface area contributed by atoms with E-state index < -0.39 is 0 Å². The molecule has 2 aromatic rings. The maximum absolute atomic E-state index is 4.58. The number of likely N-dealkylation sites (N-methyl/N-ethyl adjacent to an activating group) is 1. The van der Waals surface area contributed by atoms with E-state index in [4.69, 9.17) is 0 Å². The highest BCUT2D eigenvalue weighted by Crippen LogP contribution is 2.20. The lowest BCUT2D eigenvalue weighted by Gasteiger charge is -2.33. The molecule has 1 aliphatic heterocycles. The van der Waals surface area contributed by atoms with Crippen molar-refractivity contribution in [2.24, 2.45) is 0 Å². The molecule has 104 valence electrons. The number of pyridine rings is 1. The Labute approximate surface area is 119 Å². The molecule has 0 unspecified atom stereocenters. The molecule has 0 radical (unpaired) electrons. The number of aromatic nitrogens is 3. The Morgan fingerprint density at radius 1 is 1.00 bits per heavy atom. The van der Waals surface area contributed by atoms with Crippen molar-refractivity contribution in [2.75, 3.05) is 38.1 Å². The van der Waals surface area contributed by atoms with Crippen LogP contribution in [0, 0.1) is 6.92 Å². The summed E-state index contributed by atoms with van der Waals surface area (Å²) in [4.78, 5) is 18.1. The molecule has 0 bridgehead atoms. The van der Waals surface area contributed by atoms with E-state index in [1.54, 1.807) is 6.20 Å². The van der Waals surface area contributed by atoms with Gasteiger partial charge in [0.25, 0.3) is 0 Å². The Kier molecular flexibility index (Phi) is 3.60. The minimum Gasteiger partial charge on any atom is -0.354 e. The summed E-state index contributed by atoms with van der Waals surface area (Å²) in [5, 5.41) is 0. The SMILES string of the molecule is Cc1nc(-c2ccccn2)cc(N2CCN(C)CC2)n1. The van der Waals surface area contributed by atoms with Crippen LogP contribution in [0.2, 0.25) is 0 Å². The minimum absolute atomic E-state index is 0.794. The monoisotopic (exact) mass is 269 g/mol. The van der Waals surface area contributed by atoms with Crippen LogP contribution in [-0.2, 0) is 0 Å². The van der Waals surface area contributed by atoms with Crippen molar-refractivity contribution >= 4 is 5.82 Å². The summed E-state index contributed by atoms with van der Waals surface area (Å²) in [5.41, 5.74) is 1.79. The molecule has 20 heavy (non-hydrogen) atoms. The fraction of sp³-hybridized carbons (Fsp3) is 0.400. The van der Waals surface area contributed by atoms with Crippen LogP contribution in [-0.4, -0.2) is 53.1 Å². The predicted molar refractivity (Wildman–Crippen MR) is 79.7 cm³/mol. The topological polar surface area (TPSA) is 45.2 Å². The maximum atomic E-state index is 4.58. The van der Waals surface area contributed by atoms with Crippen molar-refractivity contribution in [1.82, 2.24) is 19.9 Å². The number of anilines is 1. The first-order chi connectivity index (χ1) is 9.72. The maximum Gasteiger partial charge on any atom is 0.133 e. The first-order valence-electron chi connectivity index (χ1n) is 6.93. The third-order valence-electron chi connectivity index (χ3n) is 3.58. The molecule has 0 spiro atoms. The van der Waals surface area contributed by atoms with E-state index in [9.17, 15) is 0 Å². The lowest BCUT2D eigenvalue weighted by Crippen LogP contribution is -2.44. The van der Waals surface area contributed by atoms with Crippen LogP contribution in [0.15, 0.2) is 30.5 Å². The van der Waals surface area contributed by atoms with Gasteiger partial charge in [0.2, 0.25) is 0 Å². The van der Waals surface area contributed by atoms with Gasteiger partial charge in [-0.3, -0.25) is 4.98 Å². The minimum atomic E-state index is 0.794. The lowest BCUT2D eigenvalue weighted by molar-refractivity contribution is 0.312. The van der Waals surface area contributed by atoms with Crippen molar-refractivity contribution in [3.8, 4) is 11.4 Å². The molecule has 1 fully saturated rings. The van der Waals surface area contributed by atoms with Gasteiger partial charge in [0, 0.05) is 38.4 Å². The summed E-state index contributed by atoms with van der Waals surface area (Å²) < 4.78 is 0. The number of nitrogens with zero attached hydrogens (tertiary/aromatic N) is 5. The number of aryl methyl sites for hydroxylation is 1. The highest BCUT2D eigenvalue weighted by atomic mass is 15.3. The Balaban J connectivity index is 1.91. The van der Waals surface area contributed by atoms with Crippen LogP contribution in [0.25, 0.3) is 11.4 Å². The van der Waals surface area contributed by atoms with Crippen LogP contribution in [0.1, 0.15) is 5.82 Å². The summed E-state index contributed by atoms with van der Waals surface area (Å²) in [6.45, 7) is 6.10. The molecular weight excluding hydrogens is 250 g/mol. The Hall–Kier alpha value is -2.01. The fourth-order valence-corrected chi connectivity index (χ4v) is 2.39. The van der Waals surface area contributed by atoms with E-state index in [0.717, 1.165) is 49.2 Å². The van der Waals surface area contributed by atoms with Crippen LogP contribution < -0.4 is 4.90 Å². The summed E-state index contributed by atoms with van der Waals surface area (Å²) in [5.74, 6) is 1.80. The molecule has 3 heterocycles. The zero-order valence-corrected chi connectivity index (χ0v) is 12.0. The Morgan fingerprint density at radius 3 is 2.50 bits per heavy atom. The first-order valence-corrected chi connectivity index (χ1v) is 6.93. The summed E-state index contributed by atoms with van der Waals surface area (Å²) in [6.07, 6.45) is 1.79. The Bertz CT molecular complexity index is 576. The molecule has 0 amide bonds. The van der Waals surface area contributed by atoms with E-state index in [1.807, 2.05) is 31.2 Å². The molecule has 0 N–H and O–H groups in total. The molecule has 0 aliphatic carbocycles. The van der Waals surface area contributed by atoms with Crippen LogP contribution in [0.5, 0.6) is 0 Å². The second-order valence-electron chi connectivity index (χ2n) is 5.16. The van der Waals surface area contributed by atoms with Crippen molar-refractivity contribution in [3.63, 3.8) is 0 Å². The van der Waals surface area contributed by atoms with Gasteiger partial charge in [-0.15, -0.1) is 0 Å². The van der Waals surface area contributed by atoms with E-state index in [0.29, 0.717) is 0 Å². The van der Waals surface area contributed by atoms with Crippen molar-refractivity contribution < 1.29 is 0 Å². The van der Waals surface area contributed by atoms with Gasteiger partial charge in [0.05, 0.1) is 11.4 Å². The van der Waals surface area contributed by atoms with E-state index in [1.165, 1.54) is 0 Å². The molecule has 5 nitrogen and oxygen atoms in total. The van der Waals surface area contributed by atoms with Gasteiger partial charge in [-0.1, -0.05) is 6.07 Å². The lowest BCUT2D eigenvalue weighted by atomic mass is 10.2. The normalized spacial score (nSPS) is 16.4. The van der Waals surface area contributed by atoms with Crippen LogP contribution >= 0.6 is 0 Å². The average molecular weight is 269 g/mol. The fourth-order valence-electron chi connectivity index (χ4n) is 2.39. The summed E-state index contributed by atoms with van der Waals surface area (Å²) >= 11 is 0. The van der Waals surface area contributed by atoms with E-state index in [-0.39, 0.29) is 0 Å². The average Bonchev–Trinajstić information content (AvgIpc) is 2.48. The zero-order valence-electron chi connectivity index (χ0n) is 12.0. The molecule has 0 atom stereocenters. The van der Waals surface area contributed by atoms with Gasteiger partial charge in [-0.05, 0) is 26.1 Å². The first kappa shape index (κ1) is 13.0. The summed E-state index contributed by atoms with van der Waals surface area (Å²) in [7, 11) is 2.15. The second kappa shape index (κ2) is 5.54. The highest BCUT2D eigenvalue weighted by Gasteiger charge is 2.17. The van der Waals surface area contributed by atoms with E-state index in [2.05, 4.69) is 31.8 Å². The van der Waals surface area contributed by atoms with Gasteiger partial charge >= 0.3 is 0 Å². The Morgan fingerprint density at radius 2 is 1.80 bits per heavy atom. The van der Waals surface area contributed by atoms with Gasteiger partial charge in [-0.2, -0.15) is 0 Å². The van der Waals surface area contributed by atoms with Gasteiger partial charge < -0.3 is 9.80 Å². The van der Waals surface area contributed by atoms with Crippen molar-refractivity contribution in [3.05, 3.63) is 36.3 Å². The van der Waals surface area contributed by atoms with Gasteiger partial charge in [-0.25, -0.2) is 9.97 Å². The zero-order chi connectivity index (χ0) is 13.9. The van der Waals surface area contributed by atoms with E-state index >= 15 is 0 Å². The smallest absolute Gasteiger partial charge is 0.133 e. The third-order valence-corrected chi connectivity index (χ3v) is 3.58. The number of rotatable bonds is 2. The molecule has 0 saturated carbocycles. The molecule has 2 aromatic heterocycles. The molecule has 0 aromatic carbocycles. The summed E-state index contributed by atoms with van der Waals surface area (Å²) in [6, 6.07) is 7.92. The number of hydrogen-bond donors (Lipinski definition) is 0. The van der Waals surface area contributed by atoms with Gasteiger partial charge in [0.15, 0.2) is 0 Å². The second-order valence-corrected chi connectivity index (χ2v) is 5.16. The quantitative estimate of drug-likeness (QED) is 0.828.